The van der Waals surface area contributed by atoms with Crippen molar-refractivity contribution < 1.29 is 19.0 Å². The van der Waals surface area contributed by atoms with Gasteiger partial charge in [-0.3, -0.25) is 4.99 Å². The maximum Gasteiger partial charge on any atom is 0.407 e. The van der Waals surface area contributed by atoms with E-state index in [9.17, 15) is 4.79 Å². The first kappa shape index (κ1) is 23.4. The van der Waals surface area contributed by atoms with E-state index in [0.717, 1.165) is 12.1 Å². The molecule has 8 heteroatoms. The second-order valence-electron chi connectivity index (χ2n) is 6.57. The second kappa shape index (κ2) is 12.7. The molecule has 158 valence electrons. The maximum absolute atomic E-state index is 11.8. The molecule has 0 saturated heterocycles. The topological polar surface area (TPSA) is 93.2 Å². The number of amides is 1. The SMILES string of the molecule is CCOC(=O)NC(CNC(=NC)Nc1ccc(OCC)c(OC)c1)CC(C)C. The number of alkyl carbamates (subject to hydrolysis) is 1. The van der Waals surface area contributed by atoms with Gasteiger partial charge in [-0.15, -0.1) is 0 Å². The number of benzene rings is 1. The molecule has 0 fully saturated rings. The number of carbonyl (C=O) groups is 1. The molecule has 8 nitrogen and oxygen atoms in total. The molecule has 0 saturated carbocycles. The number of nitrogens with one attached hydrogen (secondary N) is 3. The monoisotopic (exact) mass is 394 g/mol. The van der Waals surface area contributed by atoms with E-state index in [1.165, 1.54) is 0 Å². The van der Waals surface area contributed by atoms with Crippen molar-refractivity contribution in [3.63, 3.8) is 0 Å². The molecule has 28 heavy (non-hydrogen) atoms. The van der Waals surface area contributed by atoms with Crippen LogP contribution in [-0.2, 0) is 4.74 Å². The molecule has 1 unspecified atom stereocenters. The van der Waals surface area contributed by atoms with E-state index in [1.807, 2.05) is 25.1 Å². The van der Waals surface area contributed by atoms with Crippen LogP contribution < -0.4 is 25.4 Å². The van der Waals surface area contributed by atoms with Gasteiger partial charge in [0.25, 0.3) is 0 Å². The number of guanidine groups is 1. The molecular weight excluding hydrogens is 360 g/mol. The molecule has 0 radical (unpaired) electrons. The third kappa shape index (κ3) is 8.37. The highest BCUT2D eigenvalue weighted by Gasteiger charge is 2.15. The number of hydrogen-bond donors (Lipinski definition) is 3. The molecule has 0 spiro atoms. The van der Waals surface area contributed by atoms with Gasteiger partial charge in [-0.2, -0.15) is 0 Å². The van der Waals surface area contributed by atoms with Crippen LogP contribution in [-0.4, -0.2) is 52.0 Å². The van der Waals surface area contributed by atoms with Gasteiger partial charge in [-0.25, -0.2) is 4.79 Å². The zero-order valence-corrected chi connectivity index (χ0v) is 17.8. The van der Waals surface area contributed by atoms with Crippen molar-refractivity contribution in [2.24, 2.45) is 10.9 Å². The van der Waals surface area contributed by atoms with Gasteiger partial charge in [-0.05, 0) is 38.3 Å². The lowest BCUT2D eigenvalue weighted by atomic mass is 10.0. The Morgan fingerprint density at radius 3 is 2.50 bits per heavy atom. The molecular formula is C20H34N4O4. The average Bonchev–Trinajstić information content (AvgIpc) is 2.65. The van der Waals surface area contributed by atoms with Gasteiger partial charge in [-0.1, -0.05) is 13.8 Å². The highest BCUT2D eigenvalue weighted by atomic mass is 16.5. The lowest BCUT2D eigenvalue weighted by Crippen LogP contribution is -2.46. The number of nitrogens with zero attached hydrogens (tertiary/aromatic N) is 1. The molecule has 1 atom stereocenters. The van der Waals surface area contributed by atoms with Crippen molar-refractivity contribution in [2.75, 3.05) is 39.2 Å². The number of ether oxygens (including phenoxy) is 3. The number of anilines is 1. The largest absolute Gasteiger partial charge is 0.493 e. The Kier molecular flexibility index (Phi) is 10.6. The zero-order chi connectivity index (χ0) is 20.9. The fourth-order valence-electron chi connectivity index (χ4n) is 2.66. The predicted molar refractivity (Wildman–Crippen MR) is 113 cm³/mol. The Balaban J connectivity index is 2.73. The van der Waals surface area contributed by atoms with Crippen molar-refractivity contribution in [1.29, 1.82) is 0 Å². The molecule has 1 rings (SSSR count). The first-order valence-corrected chi connectivity index (χ1v) is 9.65. The van der Waals surface area contributed by atoms with Crippen LogP contribution in [0.1, 0.15) is 34.1 Å². The summed E-state index contributed by atoms with van der Waals surface area (Å²) in [6.07, 6.45) is 0.411. The molecule has 0 heterocycles. The number of carbonyl (C=O) groups excluding carboxylic acids is 1. The van der Waals surface area contributed by atoms with Crippen LogP contribution in [0.25, 0.3) is 0 Å². The first-order chi connectivity index (χ1) is 13.4. The van der Waals surface area contributed by atoms with Crippen molar-refractivity contribution in [1.82, 2.24) is 10.6 Å². The van der Waals surface area contributed by atoms with Crippen LogP contribution >= 0.6 is 0 Å². The summed E-state index contributed by atoms with van der Waals surface area (Å²) >= 11 is 0. The molecule has 1 aromatic rings. The summed E-state index contributed by atoms with van der Waals surface area (Å²) in [6, 6.07) is 5.51. The van der Waals surface area contributed by atoms with Crippen LogP contribution in [0, 0.1) is 5.92 Å². The van der Waals surface area contributed by atoms with Gasteiger partial charge < -0.3 is 30.2 Å². The summed E-state index contributed by atoms with van der Waals surface area (Å²) in [5, 5.41) is 9.35. The Bertz CT molecular complexity index is 635. The first-order valence-electron chi connectivity index (χ1n) is 9.65. The lowest BCUT2D eigenvalue weighted by molar-refractivity contribution is 0.146. The zero-order valence-electron chi connectivity index (χ0n) is 17.8. The molecule has 0 bridgehead atoms. The van der Waals surface area contributed by atoms with Gasteiger partial charge in [0.1, 0.15) is 0 Å². The number of hydrogen-bond acceptors (Lipinski definition) is 5. The van der Waals surface area contributed by atoms with Crippen LogP contribution in [0.5, 0.6) is 11.5 Å². The van der Waals surface area contributed by atoms with E-state index < -0.39 is 6.09 Å². The molecule has 0 aliphatic carbocycles. The normalized spacial score (nSPS) is 12.3. The number of rotatable bonds is 10. The average molecular weight is 395 g/mol. The van der Waals surface area contributed by atoms with Crippen molar-refractivity contribution in [3.8, 4) is 11.5 Å². The Morgan fingerprint density at radius 2 is 1.93 bits per heavy atom. The van der Waals surface area contributed by atoms with E-state index in [-0.39, 0.29) is 6.04 Å². The van der Waals surface area contributed by atoms with Gasteiger partial charge in [0, 0.05) is 31.4 Å². The summed E-state index contributed by atoms with van der Waals surface area (Å²) < 4.78 is 15.9. The summed E-state index contributed by atoms with van der Waals surface area (Å²) in [5.74, 6) is 2.35. The molecule has 1 aromatic carbocycles. The standard InChI is InChI=1S/C20H34N4O4/c1-7-27-17-10-9-15(12-18(17)26-6)23-19(21-5)22-13-16(11-14(3)4)24-20(25)28-8-2/h9-10,12,14,16H,7-8,11,13H2,1-6H3,(H,24,25)(H2,21,22,23). The summed E-state index contributed by atoms with van der Waals surface area (Å²) in [7, 11) is 3.30. The minimum atomic E-state index is -0.408. The summed E-state index contributed by atoms with van der Waals surface area (Å²) in [5.41, 5.74) is 0.812. The van der Waals surface area contributed by atoms with Gasteiger partial charge >= 0.3 is 6.09 Å². The van der Waals surface area contributed by atoms with Crippen LogP contribution in [0.2, 0.25) is 0 Å². The quantitative estimate of drug-likeness (QED) is 0.417. The predicted octanol–water partition coefficient (Wildman–Crippen LogP) is 3.24. The van der Waals surface area contributed by atoms with E-state index in [0.29, 0.717) is 43.1 Å². The molecule has 3 N–H and O–H groups in total. The fraction of sp³-hybridized carbons (Fsp3) is 0.600. The maximum atomic E-state index is 11.8. The van der Waals surface area contributed by atoms with E-state index in [2.05, 4.69) is 34.8 Å². The van der Waals surface area contributed by atoms with Crippen LogP contribution in [0.3, 0.4) is 0 Å². The Morgan fingerprint density at radius 1 is 1.18 bits per heavy atom. The third-order valence-electron chi connectivity index (χ3n) is 3.82. The highest BCUT2D eigenvalue weighted by Crippen LogP contribution is 2.30. The second-order valence-corrected chi connectivity index (χ2v) is 6.57. The van der Waals surface area contributed by atoms with Crippen LogP contribution in [0.4, 0.5) is 10.5 Å². The minimum Gasteiger partial charge on any atom is -0.493 e. The minimum absolute atomic E-state index is 0.0764. The van der Waals surface area contributed by atoms with E-state index in [4.69, 9.17) is 14.2 Å². The fourth-order valence-corrected chi connectivity index (χ4v) is 2.66. The Hall–Kier alpha value is -2.64. The Labute approximate surface area is 168 Å². The van der Waals surface area contributed by atoms with Crippen molar-refractivity contribution in [2.45, 2.75) is 40.2 Å². The van der Waals surface area contributed by atoms with Gasteiger partial charge in [0.2, 0.25) is 0 Å². The number of aliphatic imine (C=N–C) groups is 1. The van der Waals surface area contributed by atoms with E-state index >= 15 is 0 Å². The smallest absolute Gasteiger partial charge is 0.407 e. The number of methoxy groups -OCH3 is 1. The summed E-state index contributed by atoms with van der Waals surface area (Å²) in [6.45, 7) is 9.36. The molecule has 0 aliphatic rings. The van der Waals surface area contributed by atoms with E-state index in [1.54, 1.807) is 21.1 Å². The molecule has 0 aromatic heterocycles. The van der Waals surface area contributed by atoms with Crippen LogP contribution in [0.15, 0.2) is 23.2 Å². The van der Waals surface area contributed by atoms with Crippen molar-refractivity contribution >= 4 is 17.7 Å². The molecule has 0 aliphatic heterocycles. The summed E-state index contributed by atoms with van der Waals surface area (Å²) in [4.78, 5) is 16.0. The highest BCUT2D eigenvalue weighted by molar-refractivity contribution is 5.93. The van der Waals surface area contributed by atoms with Crippen molar-refractivity contribution in [3.05, 3.63) is 18.2 Å². The third-order valence-corrected chi connectivity index (χ3v) is 3.82. The van der Waals surface area contributed by atoms with Gasteiger partial charge in [0.05, 0.1) is 20.3 Å². The molecule has 1 amide bonds. The lowest BCUT2D eigenvalue weighted by Gasteiger charge is -2.22. The van der Waals surface area contributed by atoms with Gasteiger partial charge in [0.15, 0.2) is 17.5 Å².